The van der Waals surface area contributed by atoms with Crippen LogP contribution >= 0.6 is 0 Å². The summed E-state index contributed by atoms with van der Waals surface area (Å²) in [6.07, 6.45) is 3.54. The minimum absolute atomic E-state index is 0.0852. The van der Waals surface area contributed by atoms with Gasteiger partial charge in [-0.15, -0.1) is 0 Å². The van der Waals surface area contributed by atoms with E-state index in [2.05, 4.69) is 10.5 Å². The lowest BCUT2D eigenvalue weighted by Crippen LogP contribution is -2.45. The van der Waals surface area contributed by atoms with Crippen molar-refractivity contribution in [1.29, 1.82) is 0 Å². The average Bonchev–Trinajstić information content (AvgIpc) is 3.11. The maximum atomic E-state index is 12.5. The molecule has 0 bridgehead atoms. The molecule has 0 radical (unpaired) electrons. The van der Waals surface area contributed by atoms with Crippen molar-refractivity contribution in [3.8, 4) is 0 Å². The Morgan fingerprint density at radius 3 is 2.58 bits per heavy atom. The summed E-state index contributed by atoms with van der Waals surface area (Å²) >= 11 is 0. The van der Waals surface area contributed by atoms with E-state index in [4.69, 9.17) is 4.52 Å². The van der Waals surface area contributed by atoms with Gasteiger partial charge < -0.3 is 14.9 Å². The molecule has 0 saturated heterocycles. The molecule has 1 aromatic heterocycles. The molecule has 2 fully saturated rings. The lowest BCUT2D eigenvalue weighted by Gasteiger charge is -2.34. The molecule has 1 amide bonds. The van der Waals surface area contributed by atoms with Crippen LogP contribution in [0.4, 0.5) is 0 Å². The number of nitrogens with zero attached hydrogens (tertiary/aromatic N) is 1. The first kappa shape index (κ1) is 14.9. The largest absolute Gasteiger partial charge is 0.481 e. The molecule has 6 nitrogen and oxygen atoms in total. The second-order valence-electron chi connectivity index (χ2n) is 6.70. The molecule has 24 heavy (non-hydrogen) atoms. The number of aromatic nitrogens is 1. The van der Waals surface area contributed by atoms with Crippen molar-refractivity contribution in [2.75, 3.05) is 0 Å². The molecule has 6 heteroatoms. The molecule has 2 aliphatic carbocycles. The van der Waals surface area contributed by atoms with E-state index in [-0.39, 0.29) is 11.9 Å². The van der Waals surface area contributed by atoms with Gasteiger partial charge in [-0.1, -0.05) is 35.5 Å². The van der Waals surface area contributed by atoms with E-state index in [9.17, 15) is 14.7 Å². The molecule has 124 valence electrons. The number of aliphatic carboxylic acids is 1. The fourth-order valence-electron chi connectivity index (χ4n) is 3.71. The summed E-state index contributed by atoms with van der Waals surface area (Å²) in [6, 6.07) is 10.9. The molecule has 4 rings (SSSR count). The Morgan fingerprint density at radius 1 is 1.21 bits per heavy atom. The maximum absolute atomic E-state index is 12.5. The first-order valence-electron chi connectivity index (χ1n) is 8.11. The fraction of sp³-hybridized carbons (Fsp3) is 0.389. The van der Waals surface area contributed by atoms with Gasteiger partial charge in [-0.05, 0) is 24.8 Å². The van der Waals surface area contributed by atoms with Gasteiger partial charge in [-0.2, -0.15) is 0 Å². The Bertz CT molecular complexity index is 753. The summed E-state index contributed by atoms with van der Waals surface area (Å²) < 4.78 is 4.84. The molecule has 1 aromatic carbocycles. The van der Waals surface area contributed by atoms with Crippen LogP contribution in [-0.2, 0) is 15.0 Å². The van der Waals surface area contributed by atoms with Gasteiger partial charge in [0.1, 0.15) is 11.7 Å². The van der Waals surface area contributed by atoms with E-state index in [1.807, 2.05) is 24.3 Å². The van der Waals surface area contributed by atoms with Crippen LogP contribution in [0.5, 0.6) is 0 Å². The van der Waals surface area contributed by atoms with Crippen molar-refractivity contribution >= 4 is 11.9 Å². The summed E-state index contributed by atoms with van der Waals surface area (Å²) in [4.78, 5) is 24.3. The van der Waals surface area contributed by atoms with Crippen LogP contribution in [-0.4, -0.2) is 28.2 Å². The standard InChI is InChI=1S/C18H18N2O4/c21-16(19-13-8-11(9-13)15-6-7-24-20-15)14-10-18(14,17(22)23)12-4-2-1-3-5-12/h1-7,11,13-14H,8-10H2,(H,19,21)(H,22,23)/t11?,13?,14-,18+/m1/s1. The number of hydrogen-bond donors (Lipinski definition) is 2. The average molecular weight is 326 g/mol. The fourth-order valence-corrected chi connectivity index (χ4v) is 3.71. The van der Waals surface area contributed by atoms with E-state index in [1.165, 1.54) is 0 Å². The highest BCUT2D eigenvalue weighted by Crippen LogP contribution is 2.55. The van der Waals surface area contributed by atoms with E-state index >= 15 is 0 Å². The number of benzene rings is 1. The number of carbonyl (C=O) groups excluding carboxylic acids is 1. The first-order valence-corrected chi connectivity index (χ1v) is 8.11. The van der Waals surface area contributed by atoms with Crippen LogP contribution in [0.15, 0.2) is 47.2 Å². The zero-order valence-electron chi connectivity index (χ0n) is 13.0. The Kier molecular flexibility index (Phi) is 3.40. The maximum Gasteiger partial charge on any atom is 0.314 e. The molecule has 2 N–H and O–H groups in total. The molecule has 2 aromatic rings. The Balaban J connectivity index is 1.39. The van der Waals surface area contributed by atoms with Gasteiger partial charge in [0.2, 0.25) is 5.91 Å². The summed E-state index contributed by atoms with van der Waals surface area (Å²) in [5.41, 5.74) is 0.545. The highest BCUT2D eigenvalue weighted by molar-refractivity contribution is 5.97. The predicted octanol–water partition coefficient (Wildman–Crippen LogP) is 2.08. The van der Waals surface area contributed by atoms with E-state index in [0.717, 1.165) is 18.5 Å². The minimum Gasteiger partial charge on any atom is -0.481 e. The normalized spacial score (nSPS) is 31.1. The van der Waals surface area contributed by atoms with Crippen LogP contribution in [0.3, 0.4) is 0 Å². The number of amides is 1. The molecule has 0 aliphatic heterocycles. The summed E-state index contributed by atoms with van der Waals surface area (Å²) in [7, 11) is 0. The second-order valence-corrected chi connectivity index (χ2v) is 6.70. The third-order valence-electron chi connectivity index (χ3n) is 5.31. The van der Waals surface area contributed by atoms with E-state index in [0.29, 0.717) is 17.9 Å². The number of nitrogens with one attached hydrogen (secondary N) is 1. The number of hydrogen-bond acceptors (Lipinski definition) is 4. The SMILES string of the molecule is O=C(NC1CC(c2ccon2)C1)[C@H]1C[C@]1(C(=O)O)c1ccccc1. The first-order chi connectivity index (χ1) is 11.6. The molecule has 2 aliphatic rings. The third kappa shape index (κ3) is 2.29. The Labute approximate surface area is 138 Å². The molecule has 0 unspecified atom stereocenters. The predicted molar refractivity (Wildman–Crippen MR) is 84.3 cm³/mol. The number of carboxylic acid groups (broad SMARTS) is 1. The van der Waals surface area contributed by atoms with Crippen LogP contribution in [0.1, 0.15) is 36.4 Å². The number of rotatable bonds is 5. The van der Waals surface area contributed by atoms with Crippen molar-refractivity contribution in [3.63, 3.8) is 0 Å². The lowest BCUT2D eigenvalue weighted by molar-refractivity contribution is -0.142. The van der Waals surface area contributed by atoms with Crippen molar-refractivity contribution < 1.29 is 19.2 Å². The quantitative estimate of drug-likeness (QED) is 0.877. The van der Waals surface area contributed by atoms with E-state index in [1.54, 1.807) is 18.4 Å². The van der Waals surface area contributed by atoms with Crippen molar-refractivity contribution in [2.24, 2.45) is 5.92 Å². The number of carbonyl (C=O) groups is 2. The van der Waals surface area contributed by atoms with E-state index < -0.39 is 17.3 Å². The molecule has 2 atom stereocenters. The van der Waals surface area contributed by atoms with Crippen LogP contribution in [0.2, 0.25) is 0 Å². The van der Waals surface area contributed by atoms with Gasteiger partial charge in [0.25, 0.3) is 0 Å². The van der Waals surface area contributed by atoms with Crippen molar-refractivity contribution in [1.82, 2.24) is 10.5 Å². The summed E-state index contributed by atoms with van der Waals surface area (Å²) in [6.45, 7) is 0. The molecular formula is C18H18N2O4. The Morgan fingerprint density at radius 2 is 1.96 bits per heavy atom. The Hall–Kier alpha value is -2.63. The lowest BCUT2D eigenvalue weighted by atomic mass is 9.78. The van der Waals surface area contributed by atoms with Gasteiger partial charge in [-0.25, -0.2) is 0 Å². The zero-order valence-corrected chi connectivity index (χ0v) is 13.0. The van der Waals surface area contributed by atoms with Crippen molar-refractivity contribution in [3.05, 3.63) is 53.9 Å². The second kappa shape index (κ2) is 5.47. The monoisotopic (exact) mass is 326 g/mol. The molecule has 1 heterocycles. The number of carboxylic acids is 1. The third-order valence-corrected chi connectivity index (χ3v) is 5.31. The highest BCUT2D eigenvalue weighted by Gasteiger charge is 2.65. The topological polar surface area (TPSA) is 92.4 Å². The van der Waals surface area contributed by atoms with Crippen molar-refractivity contribution in [2.45, 2.75) is 36.6 Å². The van der Waals surface area contributed by atoms with Gasteiger partial charge in [0, 0.05) is 18.0 Å². The van der Waals surface area contributed by atoms with Gasteiger partial charge in [-0.3, -0.25) is 9.59 Å². The summed E-state index contributed by atoms with van der Waals surface area (Å²) in [5, 5.41) is 16.6. The van der Waals surface area contributed by atoms with Crippen LogP contribution in [0.25, 0.3) is 0 Å². The van der Waals surface area contributed by atoms with Gasteiger partial charge >= 0.3 is 5.97 Å². The van der Waals surface area contributed by atoms with Crippen LogP contribution in [0, 0.1) is 5.92 Å². The van der Waals surface area contributed by atoms with Gasteiger partial charge in [0.15, 0.2) is 0 Å². The van der Waals surface area contributed by atoms with Crippen LogP contribution < -0.4 is 5.32 Å². The highest BCUT2D eigenvalue weighted by atomic mass is 16.5. The minimum atomic E-state index is -1.07. The van der Waals surface area contributed by atoms with Gasteiger partial charge in [0.05, 0.1) is 11.6 Å². The molecule has 0 spiro atoms. The zero-order chi connectivity index (χ0) is 16.7. The molecule has 2 saturated carbocycles. The smallest absolute Gasteiger partial charge is 0.314 e. The molecular weight excluding hydrogens is 308 g/mol. The summed E-state index contributed by atoms with van der Waals surface area (Å²) in [5.74, 6) is -1.28.